The van der Waals surface area contributed by atoms with E-state index in [-0.39, 0.29) is 34.2 Å². The summed E-state index contributed by atoms with van der Waals surface area (Å²) in [6.45, 7) is 1.94. The number of hydrogen-bond acceptors (Lipinski definition) is 4. The minimum Gasteiger partial charge on any atom is -0.495 e. The second-order valence-electron chi connectivity index (χ2n) is 8.19. The number of fused-ring (bicyclic) bond motifs is 1. The summed E-state index contributed by atoms with van der Waals surface area (Å²) < 4.78 is 33.3. The van der Waals surface area contributed by atoms with Crippen LogP contribution >= 0.6 is 0 Å². The number of benzene rings is 2. The summed E-state index contributed by atoms with van der Waals surface area (Å²) in [6, 6.07) is 10.7. The fraction of sp³-hybridized carbons (Fsp3) is 0.435. The number of amides is 1. The topological polar surface area (TPSA) is 84.5 Å². The molecule has 6 nitrogen and oxygen atoms in total. The van der Waals surface area contributed by atoms with E-state index in [1.807, 2.05) is 6.92 Å². The molecule has 0 aliphatic heterocycles. The fourth-order valence-corrected chi connectivity index (χ4v) is 5.40. The smallest absolute Gasteiger partial charge is 0.251 e. The molecule has 160 valence electrons. The average Bonchev–Trinajstić information content (AvgIpc) is 3.56. The standard InChI is InChI=1S/C23H28N2O4S/c1-15(17-8-7-16-5-3-4-6-18(16)13-17)24-23(26)19-9-12-21(29-2)22(14-19)30(27,28)25-20-10-11-20/h7-9,12-15,20,25H,3-6,10-11H2,1-2H3,(H,24,26)/t15-/m0/s1. The first-order valence-corrected chi connectivity index (χ1v) is 12.0. The summed E-state index contributed by atoms with van der Waals surface area (Å²) in [4.78, 5) is 12.9. The van der Waals surface area contributed by atoms with Crippen molar-refractivity contribution in [2.24, 2.45) is 0 Å². The minimum absolute atomic E-state index is 0.00835. The van der Waals surface area contributed by atoms with Crippen molar-refractivity contribution in [3.63, 3.8) is 0 Å². The number of carbonyl (C=O) groups excluding carboxylic acids is 1. The largest absolute Gasteiger partial charge is 0.495 e. The van der Waals surface area contributed by atoms with Crippen molar-refractivity contribution in [1.82, 2.24) is 10.0 Å². The highest BCUT2D eigenvalue weighted by molar-refractivity contribution is 7.89. The van der Waals surface area contributed by atoms with Crippen LogP contribution in [0.3, 0.4) is 0 Å². The van der Waals surface area contributed by atoms with Gasteiger partial charge in [-0.2, -0.15) is 0 Å². The van der Waals surface area contributed by atoms with Gasteiger partial charge < -0.3 is 10.1 Å². The van der Waals surface area contributed by atoms with E-state index in [4.69, 9.17) is 4.74 Å². The van der Waals surface area contributed by atoms with Crippen LogP contribution in [0, 0.1) is 0 Å². The van der Waals surface area contributed by atoms with Crippen molar-refractivity contribution in [3.8, 4) is 5.75 Å². The van der Waals surface area contributed by atoms with E-state index in [0.717, 1.165) is 31.2 Å². The van der Waals surface area contributed by atoms with Gasteiger partial charge in [0, 0.05) is 11.6 Å². The van der Waals surface area contributed by atoms with Gasteiger partial charge >= 0.3 is 0 Å². The van der Waals surface area contributed by atoms with Crippen LogP contribution in [0.25, 0.3) is 0 Å². The van der Waals surface area contributed by atoms with E-state index < -0.39 is 10.0 Å². The zero-order valence-corrected chi connectivity index (χ0v) is 18.2. The van der Waals surface area contributed by atoms with Crippen LogP contribution < -0.4 is 14.8 Å². The van der Waals surface area contributed by atoms with Crippen molar-refractivity contribution in [3.05, 3.63) is 58.7 Å². The maximum Gasteiger partial charge on any atom is 0.251 e. The molecule has 0 saturated heterocycles. The molecule has 0 bridgehead atoms. The summed E-state index contributed by atoms with van der Waals surface area (Å²) >= 11 is 0. The Bertz CT molecular complexity index is 1060. The average molecular weight is 429 g/mol. The first kappa shape index (κ1) is 20.9. The van der Waals surface area contributed by atoms with Gasteiger partial charge in [-0.3, -0.25) is 4.79 Å². The Labute approximate surface area is 178 Å². The van der Waals surface area contributed by atoms with Gasteiger partial charge in [-0.1, -0.05) is 18.2 Å². The number of aryl methyl sites for hydroxylation is 2. The number of rotatable bonds is 7. The third-order valence-corrected chi connectivity index (χ3v) is 7.38. The molecule has 1 amide bonds. The van der Waals surface area contributed by atoms with Gasteiger partial charge in [0.25, 0.3) is 5.91 Å². The van der Waals surface area contributed by atoms with E-state index in [2.05, 4.69) is 28.2 Å². The number of nitrogens with one attached hydrogen (secondary N) is 2. The molecule has 2 aliphatic carbocycles. The molecular weight excluding hydrogens is 400 g/mol. The highest BCUT2D eigenvalue weighted by atomic mass is 32.2. The number of hydrogen-bond donors (Lipinski definition) is 2. The summed E-state index contributed by atoms with van der Waals surface area (Å²) in [6.07, 6.45) is 6.30. The van der Waals surface area contributed by atoms with Gasteiger partial charge in [0.15, 0.2) is 0 Å². The second kappa shape index (κ2) is 8.40. The van der Waals surface area contributed by atoms with Crippen molar-refractivity contribution < 1.29 is 17.9 Å². The minimum atomic E-state index is -3.74. The number of sulfonamides is 1. The van der Waals surface area contributed by atoms with Crippen LogP contribution in [0.15, 0.2) is 41.3 Å². The maximum atomic E-state index is 12.9. The molecule has 0 unspecified atom stereocenters. The van der Waals surface area contributed by atoms with Crippen molar-refractivity contribution in [1.29, 1.82) is 0 Å². The van der Waals surface area contributed by atoms with Crippen LogP contribution in [0.1, 0.15) is 65.7 Å². The highest BCUT2D eigenvalue weighted by Gasteiger charge is 2.30. The molecule has 1 atom stereocenters. The van der Waals surface area contributed by atoms with Crippen LogP contribution in [-0.4, -0.2) is 27.5 Å². The lowest BCUT2D eigenvalue weighted by molar-refractivity contribution is 0.0939. The van der Waals surface area contributed by atoms with Gasteiger partial charge in [0.2, 0.25) is 10.0 Å². The summed E-state index contributed by atoms with van der Waals surface area (Å²) in [7, 11) is -2.32. The first-order valence-electron chi connectivity index (χ1n) is 10.5. The van der Waals surface area contributed by atoms with E-state index in [1.165, 1.54) is 43.2 Å². The molecule has 2 aliphatic rings. The Morgan fingerprint density at radius 2 is 1.80 bits per heavy atom. The number of carbonyl (C=O) groups is 1. The molecule has 0 heterocycles. The predicted molar refractivity (Wildman–Crippen MR) is 115 cm³/mol. The Kier molecular flexibility index (Phi) is 5.84. The molecule has 0 radical (unpaired) electrons. The highest BCUT2D eigenvalue weighted by Crippen LogP contribution is 2.29. The van der Waals surface area contributed by atoms with Crippen molar-refractivity contribution in [2.45, 2.75) is 62.4 Å². The van der Waals surface area contributed by atoms with Gasteiger partial charge in [-0.25, -0.2) is 13.1 Å². The zero-order valence-electron chi connectivity index (χ0n) is 17.4. The number of ether oxygens (including phenoxy) is 1. The molecule has 30 heavy (non-hydrogen) atoms. The molecule has 1 fully saturated rings. The van der Waals surface area contributed by atoms with Crippen LogP contribution in [0.2, 0.25) is 0 Å². The lowest BCUT2D eigenvalue weighted by Gasteiger charge is -2.20. The maximum absolute atomic E-state index is 12.9. The molecule has 4 rings (SSSR count). The lowest BCUT2D eigenvalue weighted by atomic mass is 9.89. The Morgan fingerprint density at radius 1 is 1.07 bits per heavy atom. The van der Waals surface area contributed by atoms with Crippen LogP contribution in [0.4, 0.5) is 0 Å². The molecule has 7 heteroatoms. The third-order valence-electron chi connectivity index (χ3n) is 5.83. The second-order valence-corrected chi connectivity index (χ2v) is 9.87. The van der Waals surface area contributed by atoms with Crippen LogP contribution in [-0.2, 0) is 22.9 Å². The third kappa shape index (κ3) is 4.52. The van der Waals surface area contributed by atoms with Gasteiger partial charge in [-0.15, -0.1) is 0 Å². The number of methoxy groups -OCH3 is 1. The summed E-state index contributed by atoms with van der Waals surface area (Å²) in [5, 5.41) is 2.99. The van der Waals surface area contributed by atoms with Crippen molar-refractivity contribution in [2.75, 3.05) is 7.11 Å². The monoisotopic (exact) mass is 428 g/mol. The molecule has 2 aromatic rings. The quantitative estimate of drug-likeness (QED) is 0.707. The van der Waals surface area contributed by atoms with Gasteiger partial charge in [-0.05, 0) is 80.3 Å². The van der Waals surface area contributed by atoms with E-state index in [1.54, 1.807) is 6.07 Å². The molecule has 2 aromatic carbocycles. The molecule has 0 aromatic heterocycles. The zero-order chi connectivity index (χ0) is 21.3. The van der Waals surface area contributed by atoms with Gasteiger partial charge in [0.1, 0.15) is 10.6 Å². The summed E-state index contributed by atoms with van der Waals surface area (Å²) in [5.41, 5.74) is 4.11. The van der Waals surface area contributed by atoms with E-state index in [9.17, 15) is 13.2 Å². The fourth-order valence-electron chi connectivity index (χ4n) is 3.90. The SMILES string of the molecule is COc1ccc(C(=O)N[C@@H](C)c2ccc3c(c2)CCCC3)cc1S(=O)(=O)NC1CC1. The Balaban J connectivity index is 1.53. The Hall–Kier alpha value is -2.38. The Morgan fingerprint density at radius 3 is 2.50 bits per heavy atom. The van der Waals surface area contributed by atoms with Crippen molar-refractivity contribution >= 4 is 15.9 Å². The summed E-state index contributed by atoms with van der Waals surface area (Å²) in [5.74, 6) is -0.0896. The molecule has 0 spiro atoms. The van der Waals surface area contributed by atoms with E-state index in [0.29, 0.717) is 0 Å². The predicted octanol–water partition coefficient (Wildman–Crippen LogP) is 3.51. The molecule has 2 N–H and O–H groups in total. The molecular formula is C23H28N2O4S. The molecule has 1 saturated carbocycles. The van der Waals surface area contributed by atoms with E-state index >= 15 is 0 Å². The van der Waals surface area contributed by atoms with Crippen LogP contribution in [0.5, 0.6) is 5.75 Å². The lowest BCUT2D eigenvalue weighted by Crippen LogP contribution is -2.28. The normalized spacial score (nSPS) is 17.1. The van der Waals surface area contributed by atoms with Gasteiger partial charge in [0.05, 0.1) is 13.2 Å². The first-order chi connectivity index (χ1) is 14.4.